The number of hydrogen-bond acceptors (Lipinski definition) is 4. The van der Waals surface area contributed by atoms with Crippen molar-refractivity contribution >= 4 is 10.0 Å². The number of hydrogen-bond donors (Lipinski definition) is 1. The van der Waals surface area contributed by atoms with Crippen molar-refractivity contribution in [3.05, 3.63) is 35.5 Å². The van der Waals surface area contributed by atoms with Crippen molar-refractivity contribution in [1.29, 1.82) is 0 Å². The van der Waals surface area contributed by atoms with E-state index in [4.69, 9.17) is 9.88 Å². The minimum absolute atomic E-state index is 0.00195. The molecule has 1 aromatic carbocycles. The third kappa shape index (κ3) is 4.01. The molecule has 25 heavy (non-hydrogen) atoms. The number of primary sulfonamides is 1. The number of sulfonamides is 1. The molecule has 10 heteroatoms. The maximum Gasteiger partial charge on any atom is 0.434 e. The molecule has 0 bridgehead atoms. The molecule has 2 aromatic rings. The average Bonchev–Trinajstić information content (AvgIpc) is 2.86. The zero-order valence-electron chi connectivity index (χ0n) is 13.3. The van der Waals surface area contributed by atoms with E-state index >= 15 is 0 Å². The van der Waals surface area contributed by atoms with E-state index < -0.39 is 21.9 Å². The smallest absolute Gasteiger partial charge is 0.380 e. The summed E-state index contributed by atoms with van der Waals surface area (Å²) in [4.78, 5) is -0.159. The standard InChI is InChI=1S/C15H14F3N3O3S/c1-3-8-21-14(15(16,17)18)12(9-24-2)13(20-21)10-4-6-11(7-5-10)25(19,22)23/h4-7H,9H2,1-2H3,(H2,19,22,23). The summed E-state index contributed by atoms with van der Waals surface area (Å²) in [5.41, 5.74) is -0.949. The Kier molecular flexibility index (Phi) is 5.22. The van der Waals surface area contributed by atoms with Gasteiger partial charge in [-0.15, -0.1) is 0 Å². The van der Waals surface area contributed by atoms with E-state index in [2.05, 4.69) is 17.1 Å². The Bertz CT molecular complexity index is 937. The summed E-state index contributed by atoms with van der Waals surface area (Å²) in [5, 5.41) is 8.92. The van der Waals surface area contributed by atoms with Crippen molar-refractivity contribution < 1.29 is 26.3 Å². The van der Waals surface area contributed by atoms with Crippen molar-refractivity contribution in [2.24, 2.45) is 5.14 Å². The second-order valence-electron chi connectivity index (χ2n) is 4.95. The highest BCUT2D eigenvalue weighted by molar-refractivity contribution is 7.89. The normalized spacial score (nSPS) is 11.9. The maximum atomic E-state index is 13.4. The number of nitrogens with zero attached hydrogens (tertiary/aromatic N) is 2. The summed E-state index contributed by atoms with van der Waals surface area (Å²) < 4.78 is 68.3. The van der Waals surface area contributed by atoms with Crippen molar-refractivity contribution in [2.45, 2.75) is 24.6 Å². The Labute approximate surface area is 142 Å². The number of alkyl halides is 3. The fourth-order valence-electron chi connectivity index (χ4n) is 2.24. The molecule has 2 N–H and O–H groups in total. The Morgan fingerprint density at radius 3 is 2.32 bits per heavy atom. The van der Waals surface area contributed by atoms with Crippen LogP contribution in [0.4, 0.5) is 13.2 Å². The van der Waals surface area contributed by atoms with Crippen LogP contribution in [0.25, 0.3) is 11.3 Å². The predicted octanol–water partition coefficient (Wildman–Crippen LogP) is 2.19. The van der Waals surface area contributed by atoms with Crippen molar-refractivity contribution in [2.75, 3.05) is 7.11 Å². The van der Waals surface area contributed by atoms with Gasteiger partial charge in [-0.3, -0.25) is 0 Å². The van der Waals surface area contributed by atoms with E-state index in [1.54, 1.807) is 0 Å². The monoisotopic (exact) mass is 373 g/mol. The maximum absolute atomic E-state index is 13.4. The van der Waals surface area contributed by atoms with Crippen molar-refractivity contribution in [3.8, 4) is 23.2 Å². The number of ether oxygens (including phenoxy) is 1. The lowest BCUT2D eigenvalue weighted by molar-refractivity contribution is -0.143. The van der Waals surface area contributed by atoms with Crippen LogP contribution in [0.2, 0.25) is 0 Å². The molecule has 0 fully saturated rings. The van der Waals surface area contributed by atoms with Gasteiger partial charge in [0.1, 0.15) is 0 Å². The fraction of sp³-hybridized carbons (Fsp3) is 0.267. The van der Waals surface area contributed by atoms with Crippen LogP contribution in [0.1, 0.15) is 18.2 Å². The van der Waals surface area contributed by atoms with Gasteiger partial charge in [0.15, 0.2) is 5.69 Å². The van der Waals surface area contributed by atoms with Gasteiger partial charge in [-0.2, -0.15) is 23.0 Å². The topological polar surface area (TPSA) is 87.2 Å². The van der Waals surface area contributed by atoms with Gasteiger partial charge in [0.2, 0.25) is 10.0 Å². The number of methoxy groups -OCH3 is 1. The van der Waals surface area contributed by atoms with Crippen molar-refractivity contribution in [3.63, 3.8) is 0 Å². The van der Waals surface area contributed by atoms with E-state index in [0.717, 1.165) is 0 Å². The molecule has 0 aliphatic rings. The third-order valence-electron chi connectivity index (χ3n) is 3.21. The SMILES string of the molecule is CC#Cn1nc(-c2ccc(S(N)(=O)=O)cc2)c(COC)c1C(F)(F)F. The molecular formula is C15H14F3N3O3S. The molecule has 134 valence electrons. The van der Waals surface area contributed by atoms with Crippen LogP contribution in [0, 0.1) is 12.0 Å². The number of halogens is 3. The molecule has 0 unspecified atom stereocenters. The lowest BCUT2D eigenvalue weighted by Crippen LogP contribution is -2.14. The van der Waals surface area contributed by atoms with Crippen LogP contribution in [0.15, 0.2) is 29.2 Å². The molecule has 0 saturated heterocycles. The quantitative estimate of drug-likeness (QED) is 0.833. The predicted molar refractivity (Wildman–Crippen MR) is 83.6 cm³/mol. The van der Waals surface area contributed by atoms with Crippen LogP contribution >= 0.6 is 0 Å². The largest absolute Gasteiger partial charge is 0.434 e. The van der Waals surface area contributed by atoms with Gasteiger partial charge in [0.25, 0.3) is 0 Å². The van der Waals surface area contributed by atoms with Crippen LogP contribution in [-0.4, -0.2) is 25.3 Å². The number of rotatable bonds is 4. The highest BCUT2D eigenvalue weighted by Gasteiger charge is 2.40. The first kappa shape index (κ1) is 19.0. The zero-order valence-corrected chi connectivity index (χ0v) is 14.1. The Hall–Kier alpha value is -2.35. The summed E-state index contributed by atoms with van der Waals surface area (Å²) in [6, 6.07) is 7.31. The molecule has 0 amide bonds. The molecule has 0 aliphatic carbocycles. The summed E-state index contributed by atoms with van der Waals surface area (Å²) in [7, 11) is -2.65. The average molecular weight is 373 g/mol. The summed E-state index contributed by atoms with van der Waals surface area (Å²) in [6.45, 7) is 1.05. The molecule has 0 saturated carbocycles. The second kappa shape index (κ2) is 6.87. The minimum Gasteiger partial charge on any atom is -0.380 e. The van der Waals surface area contributed by atoms with E-state index in [1.165, 1.54) is 38.3 Å². The van der Waals surface area contributed by atoms with Gasteiger partial charge >= 0.3 is 6.18 Å². The van der Waals surface area contributed by atoms with Gasteiger partial charge in [-0.05, 0) is 19.1 Å². The first-order valence-electron chi connectivity index (χ1n) is 6.83. The Morgan fingerprint density at radius 1 is 1.28 bits per heavy atom. The number of aromatic nitrogens is 2. The summed E-state index contributed by atoms with van der Waals surface area (Å²) in [6.07, 6.45) is -4.69. The molecule has 6 nitrogen and oxygen atoms in total. The van der Waals surface area contributed by atoms with Gasteiger partial charge in [0.05, 0.1) is 17.2 Å². The molecule has 0 spiro atoms. The van der Waals surface area contributed by atoms with Gasteiger partial charge < -0.3 is 4.74 Å². The van der Waals surface area contributed by atoms with Gasteiger partial charge in [0, 0.05) is 24.3 Å². The van der Waals surface area contributed by atoms with E-state index in [1.807, 2.05) is 0 Å². The van der Waals surface area contributed by atoms with Gasteiger partial charge in [-0.1, -0.05) is 18.1 Å². The number of benzene rings is 1. The lowest BCUT2D eigenvalue weighted by Gasteiger charge is -2.09. The third-order valence-corrected chi connectivity index (χ3v) is 4.14. The Morgan fingerprint density at radius 2 is 1.88 bits per heavy atom. The molecule has 1 aromatic heterocycles. The first-order chi connectivity index (χ1) is 11.6. The highest BCUT2D eigenvalue weighted by Crippen LogP contribution is 2.37. The molecule has 0 atom stereocenters. The molecule has 0 radical (unpaired) electrons. The Balaban J connectivity index is 2.70. The van der Waals surface area contributed by atoms with E-state index in [9.17, 15) is 21.6 Å². The van der Waals surface area contributed by atoms with E-state index in [0.29, 0.717) is 4.68 Å². The fourth-order valence-corrected chi connectivity index (χ4v) is 2.76. The van der Waals surface area contributed by atoms with E-state index in [-0.39, 0.29) is 28.3 Å². The van der Waals surface area contributed by atoms with Crippen molar-refractivity contribution in [1.82, 2.24) is 9.78 Å². The lowest BCUT2D eigenvalue weighted by atomic mass is 10.1. The molecular weight excluding hydrogens is 359 g/mol. The van der Waals surface area contributed by atoms with Crippen LogP contribution in [-0.2, 0) is 27.5 Å². The highest BCUT2D eigenvalue weighted by atomic mass is 32.2. The van der Waals surface area contributed by atoms with Gasteiger partial charge in [-0.25, -0.2) is 13.6 Å². The van der Waals surface area contributed by atoms with Crippen LogP contribution < -0.4 is 5.14 Å². The second-order valence-corrected chi connectivity index (χ2v) is 6.51. The first-order valence-corrected chi connectivity index (χ1v) is 8.38. The molecule has 0 aliphatic heterocycles. The van der Waals surface area contributed by atoms with Crippen LogP contribution in [0.3, 0.4) is 0 Å². The molecule has 2 rings (SSSR count). The minimum atomic E-state index is -4.69. The number of nitrogens with two attached hydrogens (primary N) is 1. The van der Waals surface area contributed by atoms with Crippen LogP contribution in [0.5, 0.6) is 0 Å². The summed E-state index contributed by atoms with van der Waals surface area (Å²) in [5.74, 6) is 2.37. The summed E-state index contributed by atoms with van der Waals surface area (Å²) >= 11 is 0. The zero-order chi connectivity index (χ0) is 18.8. The molecule has 1 heterocycles.